The first-order chi connectivity index (χ1) is 8.36. The first-order valence-corrected chi connectivity index (χ1v) is 7.23. The summed E-state index contributed by atoms with van der Waals surface area (Å²) >= 11 is 0. The van der Waals surface area contributed by atoms with E-state index in [0.717, 1.165) is 6.42 Å². The second-order valence-electron chi connectivity index (χ2n) is 5.43. The van der Waals surface area contributed by atoms with Crippen LogP contribution in [0, 0.1) is 11.3 Å². The third-order valence-corrected chi connectivity index (χ3v) is 4.42. The molecule has 2 fully saturated rings. The maximum absolute atomic E-state index is 8.96. The lowest BCUT2D eigenvalue weighted by Gasteiger charge is -2.43. The van der Waals surface area contributed by atoms with Crippen molar-refractivity contribution in [1.82, 2.24) is 10.2 Å². The summed E-state index contributed by atoms with van der Waals surface area (Å²) in [6.07, 6.45) is 8.44. The van der Waals surface area contributed by atoms with Crippen LogP contribution in [0.1, 0.15) is 51.9 Å². The van der Waals surface area contributed by atoms with Crippen molar-refractivity contribution in [3.63, 3.8) is 0 Å². The first-order valence-electron chi connectivity index (χ1n) is 7.23. The van der Waals surface area contributed by atoms with Crippen molar-refractivity contribution in [2.24, 2.45) is 0 Å². The molecule has 17 heavy (non-hydrogen) atoms. The molecule has 2 aliphatic rings. The maximum atomic E-state index is 8.96. The molecule has 3 nitrogen and oxygen atoms in total. The van der Waals surface area contributed by atoms with Gasteiger partial charge in [-0.1, -0.05) is 13.3 Å². The highest BCUT2D eigenvalue weighted by Gasteiger charge is 2.34. The van der Waals surface area contributed by atoms with Gasteiger partial charge in [-0.3, -0.25) is 4.90 Å². The summed E-state index contributed by atoms with van der Waals surface area (Å²) in [5.41, 5.74) is 0. The number of piperidine rings is 1. The standard InChI is InChI=1S/C14H25N3/c1-2-12(8-9-15)17-11-4-3-7-14(17)13-6-5-10-16-13/h12-14,16H,2-8,10-11H2,1H3. The molecule has 0 spiro atoms. The molecule has 1 N–H and O–H groups in total. The van der Waals surface area contributed by atoms with Gasteiger partial charge in [0, 0.05) is 18.1 Å². The Morgan fingerprint density at radius 2 is 2.24 bits per heavy atom. The molecule has 0 saturated carbocycles. The summed E-state index contributed by atoms with van der Waals surface area (Å²) in [5, 5.41) is 12.6. The average molecular weight is 235 g/mol. The highest BCUT2D eigenvalue weighted by molar-refractivity contribution is 4.94. The Balaban J connectivity index is 2.02. The highest BCUT2D eigenvalue weighted by Crippen LogP contribution is 2.27. The minimum absolute atomic E-state index is 0.479. The maximum Gasteiger partial charge on any atom is 0.0638 e. The molecule has 2 saturated heterocycles. The van der Waals surface area contributed by atoms with Gasteiger partial charge in [-0.15, -0.1) is 0 Å². The zero-order chi connectivity index (χ0) is 12.1. The summed E-state index contributed by atoms with van der Waals surface area (Å²) in [5.74, 6) is 0. The lowest BCUT2D eigenvalue weighted by Crippen LogP contribution is -2.53. The van der Waals surface area contributed by atoms with Crippen molar-refractivity contribution < 1.29 is 0 Å². The lowest BCUT2D eigenvalue weighted by atomic mass is 9.91. The molecule has 0 bridgehead atoms. The minimum Gasteiger partial charge on any atom is -0.312 e. The van der Waals surface area contributed by atoms with E-state index in [2.05, 4.69) is 23.2 Å². The third kappa shape index (κ3) is 3.00. The molecule has 0 amide bonds. The van der Waals surface area contributed by atoms with E-state index in [-0.39, 0.29) is 0 Å². The lowest BCUT2D eigenvalue weighted by molar-refractivity contribution is 0.0725. The molecule has 3 heteroatoms. The largest absolute Gasteiger partial charge is 0.312 e. The Hall–Kier alpha value is -0.590. The summed E-state index contributed by atoms with van der Waals surface area (Å²) in [7, 11) is 0. The van der Waals surface area contributed by atoms with Crippen LogP contribution in [0.5, 0.6) is 0 Å². The Kier molecular flexibility index (Phi) is 4.82. The van der Waals surface area contributed by atoms with Crippen LogP contribution in [0.25, 0.3) is 0 Å². The van der Waals surface area contributed by atoms with Gasteiger partial charge in [0.05, 0.1) is 12.5 Å². The number of hydrogen-bond donors (Lipinski definition) is 1. The normalized spacial score (nSPS) is 32.2. The summed E-state index contributed by atoms with van der Waals surface area (Å²) in [4.78, 5) is 2.63. The molecular weight excluding hydrogens is 210 g/mol. The monoisotopic (exact) mass is 235 g/mol. The van der Waals surface area contributed by atoms with E-state index in [1.54, 1.807) is 0 Å². The molecule has 3 atom stereocenters. The second-order valence-corrected chi connectivity index (χ2v) is 5.43. The van der Waals surface area contributed by atoms with Crippen molar-refractivity contribution >= 4 is 0 Å². The zero-order valence-electron chi connectivity index (χ0n) is 11.0. The van der Waals surface area contributed by atoms with E-state index in [1.807, 2.05) is 0 Å². The minimum atomic E-state index is 0.479. The fraction of sp³-hybridized carbons (Fsp3) is 0.929. The van der Waals surface area contributed by atoms with Crippen molar-refractivity contribution in [2.75, 3.05) is 13.1 Å². The number of nitriles is 1. The van der Waals surface area contributed by atoms with Gasteiger partial charge in [-0.25, -0.2) is 0 Å². The van der Waals surface area contributed by atoms with Gasteiger partial charge in [-0.2, -0.15) is 5.26 Å². The van der Waals surface area contributed by atoms with Gasteiger partial charge >= 0.3 is 0 Å². The Labute approximate surface area is 105 Å². The van der Waals surface area contributed by atoms with Crippen molar-refractivity contribution in [1.29, 1.82) is 5.26 Å². The van der Waals surface area contributed by atoms with E-state index in [9.17, 15) is 0 Å². The topological polar surface area (TPSA) is 39.1 Å². The van der Waals surface area contributed by atoms with Crippen LogP contribution < -0.4 is 5.32 Å². The van der Waals surface area contributed by atoms with Crippen LogP contribution in [0.2, 0.25) is 0 Å². The molecule has 0 aromatic heterocycles. The van der Waals surface area contributed by atoms with E-state index < -0.39 is 0 Å². The van der Waals surface area contributed by atoms with Gasteiger partial charge in [0.15, 0.2) is 0 Å². The molecule has 2 aliphatic heterocycles. The van der Waals surface area contributed by atoms with E-state index >= 15 is 0 Å². The van der Waals surface area contributed by atoms with Crippen LogP contribution in [0.15, 0.2) is 0 Å². The van der Waals surface area contributed by atoms with Gasteiger partial charge in [0.1, 0.15) is 0 Å². The van der Waals surface area contributed by atoms with Gasteiger partial charge < -0.3 is 5.32 Å². The van der Waals surface area contributed by atoms with Crippen molar-refractivity contribution in [3.05, 3.63) is 0 Å². The van der Waals surface area contributed by atoms with Crippen molar-refractivity contribution in [2.45, 2.75) is 70.0 Å². The number of nitrogens with zero attached hydrogens (tertiary/aromatic N) is 2. The smallest absolute Gasteiger partial charge is 0.0638 e. The Morgan fingerprint density at radius 1 is 1.35 bits per heavy atom. The highest BCUT2D eigenvalue weighted by atomic mass is 15.2. The third-order valence-electron chi connectivity index (χ3n) is 4.42. The number of hydrogen-bond acceptors (Lipinski definition) is 3. The summed E-state index contributed by atoms with van der Waals surface area (Å²) < 4.78 is 0. The first kappa shape index (κ1) is 12.9. The van der Waals surface area contributed by atoms with Crippen LogP contribution in [0.4, 0.5) is 0 Å². The fourth-order valence-corrected chi connectivity index (χ4v) is 3.51. The fourth-order valence-electron chi connectivity index (χ4n) is 3.51. The van der Waals surface area contributed by atoms with E-state index in [0.29, 0.717) is 24.5 Å². The molecule has 3 unspecified atom stereocenters. The predicted molar refractivity (Wildman–Crippen MR) is 69.7 cm³/mol. The van der Waals surface area contributed by atoms with E-state index in [4.69, 9.17) is 5.26 Å². The second kappa shape index (κ2) is 6.37. The van der Waals surface area contributed by atoms with Crippen LogP contribution >= 0.6 is 0 Å². The predicted octanol–water partition coefficient (Wildman–Crippen LogP) is 2.29. The summed E-state index contributed by atoms with van der Waals surface area (Å²) in [6.45, 7) is 4.60. The van der Waals surface area contributed by atoms with Gasteiger partial charge in [0.25, 0.3) is 0 Å². The molecule has 0 radical (unpaired) electrons. The van der Waals surface area contributed by atoms with Crippen LogP contribution in [0.3, 0.4) is 0 Å². The van der Waals surface area contributed by atoms with Gasteiger partial charge in [0.2, 0.25) is 0 Å². The number of nitrogens with one attached hydrogen (secondary N) is 1. The molecule has 0 aromatic rings. The SMILES string of the molecule is CCC(CC#N)N1CCCCC1C1CCCN1. The molecule has 2 heterocycles. The Bertz CT molecular complexity index is 265. The zero-order valence-corrected chi connectivity index (χ0v) is 11.0. The quantitative estimate of drug-likeness (QED) is 0.812. The van der Waals surface area contributed by atoms with Crippen LogP contribution in [-0.4, -0.2) is 36.1 Å². The van der Waals surface area contributed by atoms with E-state index in [1.165, 1.54) is 45.2 Å². The summed E-state index contributed by atoms with van der Waals surface area (Å²) in [6, 6.07) is 4.21. The molecule has 0 aromatic carbocycles. The van der Waals surface area contributed by atoms with Crippen LogP contribution in [-0.2, 0) is 0 Å². The van der Waals surface area contributed by atoms with Gasteiger partial charge in [-0.05, 0) is 45.2 Å². The average Bonchev–Trinajstić information content (AvgIpc) is 2.90. The number of likely N-dealkylation sites (tertiary alicyclic amines) is 1. The molecule has 0 aliphatic carbocycles. The number of rotatable bonds is 4. The molecular formula is C14H25N3. The Morgan fingerprint density at radius 3 is 2.88 bits per heavy atom. The molecule has 2 rings (SSSR count). The van der Waals surface area contributed by atoms with Crippen molar-refractivity contribution in [3.8, 4) is 6.07 Å². The molecule has 96 valence electrons.